The van der Waals surface area contributed by atoms with Crippen LogP contribution in [0.5, 0.6) is 0 Å². The Kier molecular flexibility index (Phi) is 4.48. The zero-order chi connectivity index (χ0) is 12.2. The highest BCUT2D eigenvalue weighted by molar-refractivity contribution is 5.17. The minimum atomic E-state index is 0.336. The number of hydrogen-bond acceptors (Lipinski definition) is 2. The predicted octanol–water partition coefficient (Wildman–Crippen LogP) is 3.16. The van der Waals surface area contributed by atoms with Crippen LogP contribution in [0.1, 0.15) is 39.0 Å². The number of hydrogen-bond donors (Lipinski definition) is 1. The summed E-state index contributed by atoms with van der Waals surface area (Å²) in [5.41, 5.74) is 2.75. The van der Waals surface area contributed by atoms with E-state index >= 15 is 0 Å². The molecule has 1 aromatic heterocycles. The smallest absolute Gasteiger partial charge is 0.0570 e. The van der Waals surface area contributed by atoms with Crippen LogP contribution < -0.4 is 5.32 Å². The maximum Gasteiger partial charge on any atom is 0.0570 e. The standard InChI is InChI=1S/C14H24N2/c1-11(2)14(4,5)10-15-9-13-12(3)7-6-8-16-13/h6-8,11,15H,9-10H2,1-5H3. The van der Waals surface area contributed by atoms with Gasteiger partial charge in [0.25, 0.3) is 0 Å². The van der Waals surface area contributed by atoms with E-state index in [1.165, 1.54) is 5.56 Å². The third-order valence-electron chi connectivity index (χ3n) is 3.55. The van der Waals surface area contributed by atoms with Gasteiger partial charge in [0, 0.05) is 19.3 Å². The minimum Gasteiger partial charge on any atom is -0.311 e. The molecule has 0 amide bonds. The molecule has 1 heterocycles. The predicted molar refractivity (Wildman–Crippen MR) is 69.3 cm³/mol. The van der Waals surface area contributed by atoms with Gasteiger partial charge in [-0.15, -0.1) is 0 Å². The van der Waals surface area contributed by atoms with Crippen LogP contribution in [0.3, 0.4) is 0 Å². The molecule has 0 spiro atoms. The molecular formula is C14H24N2. The van der Waals surface area contributed by atoms with E-state index in [2.05, 4.69) is 51.0 Å². The Morgan fingerprint density at radius 1 is 1.38 bits per heavy atom. The van der Waals surface area contributed by atoms with Gasteiger partial charge in [0.05, 0.1) is 5.69 Å². The van der Waals surface area contributed by atoms with E-state index in [1.54, 1.807) is 0 Å². The topological polar surface area (TPSA) is 24.9 Å². The average Bonchev–Trinajstić information content (AvgIpc) is 2.20. The first-order chi connectivity index (χ1) is 7.43. The average molecular weight is 220 g/mol. The highest BCUT2D eigenvalue weighted by atomic mass is 14.9. The number of rotatable bonds is 5. The molecule has 0 aliphatic heterocycles. The fourth-order valence-electron chi connectivity index (χ4n) is 1.41. The molecule has 1 N–H and O–H groups in total. The number of aromatic nitrogens is 1. The second-order valence-electron chi connectivity index (χ2n) is 5.51. The van der Waals surface area contributed by atoms with Crippen molar-refractivity contribution in [1.29, 1.82) is 0 Å². The van der Waals surface area contributed by atoms with Crippen molar-refractivity contribution in [1.82, 2.24) is 10.3 Å². The van der Waals surface area contributed by atoms with Crippen LogP contribution >= 0.6 is 0 Å². The molecule has 0 saturated heterocycles. The van der Waals surface area contributed by atoms with Gasteiger partial charge in [-0.2, -0.15) is 0 Å². The molecule has 2 heteroatoms. The molecule has 0 aliphatic carbocycles. The Morgan fingerprint density at radius 2 is 2.06 bits per heavy atom. The third-order valence-corrected chi connectivity index (χ3v) is 3.55. The first-order valence-corrected chi connectivity index (χ1v) is 6.04. The zero-order valence-electron chi connectivity index (χ0n) is 11.2. The van der Waals surface area contributed by atoms with Crippen LogP contribution in [0.4, 0.5) is 0 Å². The Balaban J connectivity index is 2.45. The van der Waals surface area contributed by atoms with Crippen molar-refractivity contribution in [2.24, 2.45) is 11.3 Å². The lowest BCUT2D eigenvalue weighted by atomic mass is 9.81. The largest absolute Gasteiger partial charge is 0.311 e. The second-order valence-corrected chi connectivity index (χ2v) is 5.51. The van der Waals surface area contributed by atoms with Gasteiger partial charge in [0.2, 0.25) is 0 Å². The van der Waals surface area contributed by atoms with Crippen LogP contribution in [-0.2, 0) is 6.54 Å². The molecule has 0 aliphatic rings. The van der Waals surface area contributed by atoms with Gasteiger partial charge in [0.1, 0.15) is 0 Å². The molecule has 0 atom stereocenters. The monoisotopic (exact) mass is 220 g/mol. The van der Waals surface area contributed by atoms with Crippen LogP contribution in [-0.4, -0.2) is 11.5 Å². The summed E-state index contributed by atoms with van der Waals surface area (Å²) in [5.74, 6) is 0.685. The van der Waals surface area contributed by atoms with E-state index < -0.39 is 0 Å². The summed E-state index contributed by atoms with van der Waals surface area (Å²) < 4.78 is 0. The van der Waals surface area contributed by atoms with Crippen molar-refractivity contribution in [2.45, 2.75) is 41.2 Å². The molecule has 0 fully saturated rings. The first-order valence-electron chi connectivity index (χ1n) is 6.04. The Morgan fingerprint density at radius 3 is 2.62 bits per heavy atom. The lowest BCUT2D eigenvalue weighted by Crippen LogP contribution is -2.33. The minimum absolute atomic E-state index is 0.336. The maximum atomic E-state index is 4.38. The summed E-state index contributed by atoms with van der Waals surface area (Å²) in [7, 11) is 0. The molecule has 2 nitrogen and oxygen atoms in total. The number of nitrogens with one attached hydrogen (secondary N) is 1. The first kappa shape index (κ1) is 13.2. The summed E-state index contributed by atoms with van der Waals surface area (Å²) in [6.45, 7) is 13.1. The molecule has 0 bridgehead atoms. The van der Waals surface area contributed by atoms with Gasteiger partial charge in [0.15, 0.2) is 0 Å². The van der Waals surface area contributed by atoms with Gasteiger partial charge in [-0.05, 0) is 29.9 Å². The van der Waals surface area contributed by atoms with Crippen molar-refractivity contribution in [2.75, 3.05) is 6.54 Å². The van der Waals surface area contributed by atoms with Crippen molar-refractivity contribution >= 4 is 0 Å². The summed E-state index contributed by atoms with van der Waals surface area (Å²) in [6, 6.07) is 4.09. The van der Waals surface area contributed by atoms with Crippen LogP contribution in [0.15, 0.2) is 18.3 Å². The molecule has 16 heavy (non-hydrogen) atoms. The quantitative estimate of drug-likeness (QED) is 0.824. The van der Waals surface area contributed by atoms with Gasteiger partial charge >= 0.3 is 0 Å². The second kappa shape index (κ2) is 5.44. The van der Waals surface area contributed by atoms with Crippen molar-refractivity contribution in [3.05, 3.63) is 29.6 Å². The van der Waals surface area contributed by atoms with Gasteiger partial charge in [-0.3, -0.25) is 4.98 Å². The van der Waals surface area contributed by atoms with Crippen LogP contribution in [0.25, 0.3) is 0 Å². The summed E-state index contributed by atoms with van der Waals surface area (Å²) in [5, 5.41) is 3.50. The molecule has 0 radical (unpaired) electrons. The maximum absolute atomic E-state index is 4.38. The van der Waals surface area contributed by atoms with Gasteiger partial charge in [-0.1, -0.05) is 33.8 Å². The molecule has 0 aromatic carbocycles. The fourth-order valence-corrected chi connectivity index (χ4v) is 1.41. The Bertz CT molecular complexity index is 329. The Hall–Kier alpha value is -0.890. The summed E-state index contributed by atoms with van der Waals surface area (Å²) >= 11 is 0. The van der Waals surface area contributed by atoms with Crippen LogP contribution in [0.2, 0.25) is 0 Å². The van der Waals surface area contributed by atoms with E-state index in [9.17, 15) is 0 Å². The lowest BCUT2D eigenvalue weighted by Gasteiger charge is -2.29. The normalized spacial score (nSPS) is 12.1. The zero-order valence-corrected chi connectivity index (χ0v) is 11.2. The van der Waals surface area contributed by atoms with E-state index in [0.717, 1.165) is 18.8 Å². The van der Waals surface area contributed by atoms with Crippen molar-refractivity contribution in [3.63, 3.8) is 0 Å². The fraction of sp³-hybridized carbons (Fsp3) is 0.643. The molecule has 1 rings (SSSR count). The number of pyridine rings is 1. The summed E-state index contributed by atoms with van der Waals surface area (Å²) in [6.07, 6.45) is 1.86. The summed E-state index contributed by atoms with van der Waals surface area (Å²) in [4.78, 5) is 4.38. The van der Waals surface area contributed by atoms with Crippen LogP contribution in [0, 0.1) is 18.3 Å². The van der Waals surface area contributed by atoms with Gasteiger partial charge in [-0.25, -0.2) is 0 Å². The molecular weight excluding hydrogens is 196 g/mol. The van der Waals surface area contributed by atoms with E-state index in [-0.39, 0.29) is 0 Å². The van der Waals surface area contributed by atoms with Crippen molar-refractivity contribution < 1.29 is 0 Å². The van der Waals surface area contributed by atoms with E-state index in [1.807, 2.05) is 12.3 Å². The highest BCUT2D eigenvalue weighted by Gasteiger charge is 2.21. The Labute approximate surface area is 99.5 Å². The van der Waals surface area contributed by atoms with Crippen molar-refractivity contribution in [3.8, 4) is 0 Å². The SMILES string of the molecule is Cc1cccnc1CNCC(C)(C)C(C)C. The number of aryl methyl sites for hydroxylation is 1. The van der Waals surface area contributed by atoms with E-state index in [4.69, 9.17) is 0 Å². The van der Waals surface area contributed by atoms with Gasteiger partial charge < -0.3 is 5.32 Å². The molecule has 1 aromatic rings. The van der Waals surface area contributed by atoms with E-state index in [0.29, 0.717) is 11.3 Å². The lowest BCUT2D eigenvalue weighted by molar-refractivity contribution is 0.237. The third kappa shape index (κ3) is 3.60. The number of nitrogens with zero attached hydrogens (tertiary/aromatic N) is 1. The highest BCUT2D eigenvalue weighted by Crippen LogP contribution is 2.24. The molecule has 0 saturated carbocycles. The molecule has 90 valence electrons. The molecule has 0 unspecified atom stereocenters.